The van der Waals surface area contributed by atoms with Crippen LogP contribution in [0, 0.1) is 10.1 Å². The number of carbonyl (C=O) groups excluding carboxylic acids is 1. The van der Waals surface area contributed by atoms with Crippen molar-refractivity contribution in [1.82, 2.24) is 10.2 Å². The number of piperazine rings is 1. The van der Waals surface area contributed by atoms with E-state index in [1.165, 1.54) is 18.2 Å². The molecule has 2 N–H and O–H groups in total. The number of hydrogen-bond donors (Lipinski definition) is 2. The zero-order valence-corrected chi connectivity index (χ0v) is 11.5. The number of rotatable bonds is 4. The molecule has 20 heavy (non-hydrogen) atoms. The minimum absolute atomic E-state index is 0.166. The SMILES string of the molecule is O=C(CN1CCNCC1)Nc1ccc(Cl)cc1[N+](=O)[O-]. The van der Waals surface area contributed by atoms with Gasteiger partial charge in [0.1, 0.15) is 5.69 Å². The molecule has 7 nitrogen and oxygen atoms in total. The Bertz CT molecular complexity index is 517. The standard InChI is InChI=1S/C12H15ClN4O3/c13-9-1-2-10(11(7-9)17(19)20)15-12(18)8-16-5-3-14-4-6-16/h1-2,7,14H,3-6,8H2,(H,15,18). The first-order chi connectivity index (χ1) is 9.56. The van der Waals surface area contributed by atoms with Crippen molar-refractivity contribution in [3.8, 4) is 0 Å². The van der Waals surface area contributed by atoms with E-state index in [0.717, 1.165) is 26.2 Å². The predicted molar refractivity (Wildman–Crippen MR) is 76.0 cm³/mol. The third-order valence-electron chi connectivity index (χ3n) is 3.01. The molecular formula is C12H15ClN4O3. The van der Waals surface area contributed by atoms with Gasteiger partial charge < -0.3 is 10.6 Å². The third-order valence-corrected chi connectivity index (χ3v) is 3.24. The maximum Gasteiger partial charge on any atom is 0.294 e. The molecule has 1 aliphatic heterocycles. The van der Waals surface area contributed by atoms with Crippen molar-refractivity contribution >= 4 is 28.9 Å². The van der Waals surface area contributed by atoms with E-state index in [2.05, 4.69) is 10.6 Å². The molecule has 1 aromatic rings. The van der Waals surface area contributed by atoms with Crippen LogP contribution >= 0.6 is 11.6 Å². The van der Waals surface area contributed by atoms with Crippen molar-refractivity contribution in [2.45, 2.75) is 0 Å². The first kappa shape index (κ1) is 14.7. The Hall–Kier alpha value is -1.70. The van der Waals surface area contributed by atoms with Crippen molar-refractivity contribution in [2.24, 2.45) is 0 Å². The smallest absolute Gasteiger partial charge is 0.294 e. The minimum atomic E-state index is -0.563. The van der Waals surface area contributed by atoms with Crippen LogP contribution in [0.2, 0.25) is 5.02 Å². The molecule has 1 amide bonds. The van der Waals surface area contributed by atoms with E-state index >= 15 is 0 Å². The summed E-state index contributed by atoms with van der Waals surface area (Å²) in [6.45, 7) is 3.48. The van der Waals surface area contributed by atoms with Gasteiger partial charge in [-0.15, -0.1) is 0 Å². The average Bonchev–Trinajstić information content (AvgIpc) is 2.41. The Balaban J connectivity index is 2.01. The van der Waals surface area contributed by atoms with E-state index in [1.54, 1.807) is 0 Å². The Labute approximate surface area is 121 Å². The maximum atomic E-state index is 11.9. The lowest BCUT2D eigenvalue weighted by molar-refractivity contribution is -0.383. The molecule has 0 saturated carbocycles. The highest BCUT2D eigenvalue weighted by atomic mass is 35.5. The number of nitro groups is 1. The summed E-state index contributed by atoms with van der Waals surface area (Å²) in [5.74, 6) is -0.266. The number of hydrogen-bond acceptors (Lipinski definition) is 5. The van der Waals surface area contributed by atoms with E-state index in [9.17, 15) is 14.9 Å². The lowest BCUT2D eigenvalue weighted by atomic mass is 10.2. The predicted octanol–water partition coefficient (Wildman–Crippen LogP) is 1.09. The number of anilines is 1. The molecule has 2 rings (SSSR count). The van der Waals surface area contributed by atoms with Gasteiger partial charge in [0.25, 0.3) is 5.69 Å². The molecule has 1 aliphatic rings. The summed E-state index contributed by atoms with van der Waals surface area (Å²) < 4.78 is 0. The number of nitrogens with one attached hydrogen (secondary N) is 2. The van der Waals surface area contributed by atoms with Gasteiger partial charge in [0.2, 0.25) is 5.91 Å². The van der Waals surface area contributed by atoms with Crippen LogP contribution in [-0.2, 0) is 4.79 Å². The van der Waals surface area contributed by atoms with Gasteiger partial charge in [0, 0.05) is 37.3 Å². The van der Waals surface area contributed by atoms with Crippen LogP contribution in [0.25, 0.3) is 0 Å². The maximum absolute atomic E-state index is 11.9. The number of nitrogens with zero attached hydrogens (tertiary/aromatic N) is 2. The molecule has 0 spiro atoms. The molecule has 1 fully saturated rings. The summed E-state index contributed by atoms with van der Waals surface area (Å²) in [5, 5.41) is 16.9. The first-order valence-corrected chi connectivity index (χ1v) is 6.61. The fraction of sp³-hybridized carbons (Fsp3) is 0.417. The Morgan fingerprint density at radius 3 is 2.80 bits per heavy atom. The lowest BCUT2D eigenvalue weighted by Crippen LogP contribution is -2.46. The molecule has 1 heterocycles. The van der Waals surface area contributed by atoms with Gasteiger partial charge in [-0.05, 0) is 12.1 Å². The molecule has 1 saturated heterocycles. The summed E-state index contributed by atoms with van der Waals surface area (Å²) in [5.41, 5.74) is -0.0364. The molecule has 0 atom stereocenters. The fourth-order valence-electron chi connectivity index (χ4n) is 2.02. The van der Waals surface area contributed by atoms with Crippen LogP contribution in [0.4, 0.5) is 11.4 Å². The number of benzene rings is 1. The fourth-order valence-corrected chi connectivity index (χ4v) is 2.19. The highest BCUT2D eigenvalue weighted by molar-refractivity contribution is 6.31. The van der Waals surface area contributed by atoms with Gasteiger partial charge in [-0.2, -0.15) is 0 Å². The lowest BCUT2D eigenvalue weighted by Gasteiger charge is -2.26. The van der Waals surface area contributed by atoms with Crippen molar-refractivity contribution in [3.63, 3.8) is 0 Å². The topological polar surface area (TPSA) is 87.5 Å². The summed E-state index contributed by atoms with van der Waals surface area (Å²) in [6, 6.07) is 4.17. The van der Waals surface area contributed by atoms with Crippen molar-refractivity contribution in [1.29, 1.82) is 0 Å². The molecular weight excluding hydrogens is 284 g/mol. The normalized spacial score (nSPS) is 15.8. The largest absolute Gasteiger partial charge is 0.319 e. The molecule has 0 unspecified atom stereocenters. The number of amides is 1. The highest BCUT2D eigenvalue weighted by Gasteiger charge is 2.18. The second-order valence-corrected chi connectivity index (χ2v) is 4.93. The summed E-state index contributed by atoms with van der Waals surface area (Å²) in [4.78, 5) is 24.3. The second-order valence-electron chi connectivity index (χ2n) is 4.49. The summed E-state index contributed by atoms with van der Waals surface area (Å²) >= 11 is 5.72. The molecule has 108 valence electrons. The summed E-state index contributed by atoms with van der Waals surface area (Å²) in [7, 11) is 0. The van der Waals surface area contributed by atoms with Crippen molar-refractivity contribution in [3.05, 3.63) is 33.3 Å². The molecule has 0 aliphatic carbocycles. The molecule has 0 radical (unpaired) electrons. The minimum Gasteiger partial charge on any atom is -0.319 e. The van der Waals surface area contributed by atoms with Crippen molar-refractivity contribution in [2.75, 3.05) is 38.0 Å². The quantitative estimate of drug-likeness (QED) is 0.642. The van der Waals surface area contributed by atoms with Gasteiger partial charge in [0.15, 0.2) is 0 Å². The van der Waals surface area contributed by atoms with Crippen LogP contribution in [0.5, 0.6) is 0 Å². The van der Waals surface area contributed by atoms with E-state index in [1.807, 2.05) is 4.90 Å². The Kier molecular flexibility index (Phi) is 4.89. The Morgan fingerprint density at radius 1 is 1.45 bits per heavy atom. The van der Waals surface area contributed by atoms with Crippen LogP contribution in [0.3, 0.4) is 0 Å². The van der Waals surface area contributed by atoms with E-state index in [-0.39, 0.29) is 28.8 Å². The van der Waals surface area contributed by atoms with Crippen molar-refractivity contribution < 1.29 is 9.72 Å². The zero-order valence-electron chi connectivity index (χ0n) is 10.8. The second kappa shape index (κ2) is 6.65. The molecule has 0 bridgehead atoms. The first-order valence-electron chi connectivity index (χ1n) is 6.23. The Morgan fingerprint density at radius 2 is 2.15 bits per heavy atom. The van der Waals surface area contributed by atoms with Gasteiger partial charge in [0.05, 0.1) is 11.5 Å². The zero-order chi connectivity index (χ0) is 14.5. The van der Waals surface area contributed by atoms with E-state index in [0.29, 0.717) is 0 Å². The van der Waals surface area contributed by atoms with Gasteiger partial charge >= 0.3 is 0 Å². The third kappa shape index (κ3) is 3.89. The van der Waals surface area contributed by atoms with Gasteiger partial charge in [-0.3, -0.25) is 19.8 Å². The van der Waals surface area contributed by atoms with E-state index < -0.39 is 4.92 Å². The van der Waals surface area contributed by atoms with Crippen LogP contribution < -0.4 is 10.6 Å². The monoisotopic (exact) mass is 298 g/mol. The summed E-state index contributed by atoms with van der Waals surface area (Å²) in [6.07, 6.45) is 0. The average molecular weight is 299 g/mol. The van der Waals surface area contributed by atoms with E-state index in [4.69, 9.17) is 11.6 Å². The molecule has 1 aromatic carbocycles. The van der Waals surface area contributed by atoms with Crippen LogP contribution in [0.15, 0.2) is 18.2 Å². The number of carbonyl (C=O) groups is 1. The number of nitro benzene ring substituents is 1. The highest BCUT2D eigenvalue weighted by Crippen LogP contribution is 2.27. The van der Waals surface area contributed by atoms with Gasteiger partial charge in [-0.25, -0.2) is 0 Å². The molecule has 0 aromatic heterocycles. The van der Waals surface area contributed by atoms with Crippen LogP contribution in [0.1, 0.15) is 0 Å². The van der Waals surface area contributed by atoms with Crippen LogP contribution in [-0.4, -0.2) is 48.5 Å². The molecule has 8 heteroatoms. The number of halogens is 1. The van der Waals surface area contributed by atoms with Gasteiger partial charge in [-0.1, -0.05) is 11.6 Å².